The summed E-state index contributed by atoms with van der Waals surface area (Å²) in [5.74, 6) is 1.27. The quantitative estimate of drug-likeness (QED) is 0.622. The first kappa shape index (κ1) is 21.7. The molecule has 152 valence electrons. The zero-order chi connectivity index (χ0) is 20.7. The number of carbonyl (C=O) groups excluding carboxylic acids is 1. The molecule has 0 aliphatic rings. The summed E-state index contributed by atoms with van der Waals surface area (Å²) in [5, 5.41) is 7.94. The number of aryl methyl sites for hydroxylation is 1. The molecular weight excluding hydrogens is 380 g/mol. The van der Waals surface area contributed by atoms with Gasteiger partial charge in [-0.1, -0.05) is 0 Å². The summed E-state index contributed by atoms with van der Waals surface area (Å²) >= 11 is 0. The van der Waals surface area contributed by atoms with Gasteiger partial charge in [-0.2, -0.15) is 0 Å². The molecule has 0 spiro atoms. The molecule has 0 aliphatic heterocycles. The van der Waals surface area contributed by atoms with Crippen LogP contribution in [-0.2, 0) is 14.8 Å². The van der Waals surface area contributed by atoms with Gasteiger partial charge in [0.1, 0.15) is 11.5 Å². The second-order valence-corrected chi connectivity index (χ2v) is 7.92. The highest BCUT2D eigenvalue weighted by Crippen LogP contribution is 2.24. The third kappa shape index (κ3) is 6.24. The Morgan fingerprint density at radius 3 is 2.25 bits per heavy atom. The molecule has 0 unspecified atom stereocenters. The van der Waals surface area contributed by atoms with Crippen LogP contribution in [0.2, 0.25) is 0 Å². The van der Waals surface area contributed by atoms with Crippen molar-refractivity contribution >= 4 is 21.6 Å². The fourth-order valence-corrected chi connectivity index (χ4v) is 3.18. The van der Waals surface area contributed by atoms with E-state index in [1.165, 1.54) is 12.1 Å². The van der Waals surface area contributed by atoms with E-state index < -0.39 is 10.0 Å². The molecule has 0 heterocycles. The molecule has 2 aromatic carbocycles. The lowest BCUT2D eigenvalue weighted by Crippen LogP contribution is -2.16. The van der Waals surface area contributed by atoms with Gasteiger partial charge in [0.2, 0.25) is 15.9 Å². The minimum Gasteiger partial charge on any atom is -0.494 e. The SMILES string of the molecule is CCOc1ccc(OCCCC(=O)Nc2cc(S(N)(=O)=O)cc(C)c2C)cc1. The topological polar surface area (TPSA) is 108 Å². The number of nitrogens with two attached hydrogens (primary N) is 1. The Hall–Kier alpha value is -2.58. The predicted octanol–water partition coefficient (Wildman–Crippen LogP) is 3.15. The van der Waals surface area contributed by atoms with E-state index in [0.717, 1.165) is 16.9 Å². The number of anilines is 1. The average molecular weight is 407 g/mol. The van der Waals surface area contributed by atoms with Crippen LogP contribution in [0.25, 0.3) is 0 Å². The molecule has 8 heteroatoms. The number of amides is 1. The maximum atomic E-state index is 12.2. The maximum absolute atomic E-state index is 12.2. The molecule has 2 aromatic rings. The third-order valence-corrected chi connectivity index (χ3v) is 5.09. The molecule has 3 N–H and O–H groups in total. The molecule has 7 nitrogen and oxygen atoms in total. The van der Waals surface area contributed by atoms with Crippen LogP contribution in [-0.4, -0.2) is 27.5 Å². The van der Waals surface area contributed by atoms with E-state index in [1.54, 1.807) is 6.92 Å². The molecule has 2 rings (SSSR count). The lowest BCUT2D eigenvalue weighted by Gasteiger charge is -2.13. The molecule has 0 saturated carbocycles. The smallest absolute Gasteiger partial charge is 0.238 e. The summed E-state index contributed by atoms with van der Waals surface area (Å²) < 4.78 is 34.1. The summed E-state index contributed by atoms with van der Waals surface area (Å²) in [6.07, 6.45) is 0.765. The number of rotatable bonds is 9. The van der Waals surface area contributed by atoms with Crippen LogP contribution in [0.3, 0.4) is 0 Å². The molecule has 0 bridgehead atoms. The van der Waals surface area contributed by atoms with E-state index in [4.69, 9.17) is 14.6 Å². The van der Waals surface area contributed by atoms with E-state index in [0.29, 0.717) is 31.1 Å². The van der Waals surface area contributed by atoms with Crippen LogP contribution in [0.4, 0.5) is 5.69 Å². The van der Waals surface area contributed by atoms with Crippen LogP contribution in [0.1, 0.15) is 30.9 Å². The highest BCUT2D eigenvalue weighted by atomic mass is 32.2. The molecule has 1 amide bonds. The van der Waals surface area contributed by atoms with Crippen molar-refractivity contribution < 1.29 is 22.7 Å². The summed E-state index contributed by atoms with van der Waals surface area (Å²) in [6.45, 7) is 6.49. The Bertz CT molecular complexity index is 924. The van der Waals surface area contributed by atoms with Crippen LogP contribution >= 0.6 is 0 Å². The molecule has 0 fully saturated rings. The molecular formula is C20H26N2O5S. The van der Waals surface area contributed by atoms with Gasteiger partial charge in [-0.05, 0) is 74.7 Å². The Labute approximate surface area is 165 Å². The van der Waals surface area contributed by atoms with Gasteiger partial charge in [0.25, 0.3) is 0 Å². The standard InChI is InChI=1S/C20H26N2O5S/c1-4-26-16-7-9-17(10-8-16)27-11-5-6-20(23)22-19-13-18(28(21,24)25)12-14(2)15(19)3/h7-10,12-13H,4-6,11H2,1-3H3,(H,22,23)(H2,21,24,25). The van der Waals surface area contributed by atoms with Crippen molar-refractivity contribution in [2.75, 3.05) is 18.5 Å². The van der Waals surface area contributed by atoms with Gasteiger partial charge in [-0.25, -0.2) is 13.6 Å². The molecule has 0 saturated heterocycles. The van der Waals surface area contributed by atoms with E-state index in [9.17, 15) is 13.2 Å². The Morgan fingerprint density at radius 2 is 1.68 bits per heavy atom. The van der Waals surface area contributed by atoms with Crippen LogP contribution in [0.15, 0.2) is 41.3 Å². The molecule has 0 radical (unpaired) electrons. The number of sulfonamides is 1. The zero-order valence-electron chi connectivity index (χ0n) is 16.3. The lowest BCUT2D eigenvalue weighted by atomic mass is 10.1. The minimum atomic E-state index is -3.84. The van der Waals surface area contributed by atoms with Gasteiger partial charge in [-0.3, -0.25) is 4.79 Å². The van der Waals surface area contributed by atoms with Gasteiger partial charge in [0.15, 0.2) is 0 Å². The van der Waals surface area contributed by atoms with Crippen molar-refractivity contribution in [3.05, 3.63) is 47.5 Å². The first-order chi connectivity index (χ1) is 13.2. The monoisotopic (exact) mass is 406 g/mol. The molecule has 0 aliphatic carbocycles. The highest BCUT2D eigenvalue weighted by molar-refractivity contribution is 7.89. The number of primary sulfonamides is 1. The predicted molar refractivity (Wildman–Crippen MR) is 108 cm³/mol. The second-order valence-electron chi connectivity index (χ2n) is 6.36. The number of ether oxygens (including phenoxy) is 2. The van der Waals surface area contributed by atoms with E-state index >= 15 is 0 Å². The Morgan fingerprint density at radius 1 is 1.07 bits per heavy atom. The van der Waals surface area contributed by atoms with Crippen LogP contribution in [0, 0.1) is 13.8 Å². The first-order valence-electron chi connectivity index (χ1n) is 9.00. The summed E-state index contributed by atoms with van der Waals surface area (Å²) in [6, 6.07) is 10.2. The molecule has 0 atom stereocenters. The van der Waals surface area contributed by atoms with E-state index in [-0.39, 0.29) is 17.2 Å². The average Bonchev–Trinajstić information content (AvgIpc) is 2.63. The third-order valence-electron chi connectivity index (χ3n) is 4.20. The van der Waals surface area contributed by atoms with Gasteiger partial charge in [0, 0.05) is 12.1 Å². The van der Waals surface area contributed by atoms with Crippen molar-refractivity contribution in [3.8, 4) is 11.5 Å². The lowest BCUT2D eigenvalue weighted by molar-refractivity contribution is -0.116. The van der Waals surface area contributed by atoms with Crippen molar-refractivity contribution in [1.82, 2.24) is 0 Å². The van der Waals surface area contributed by atoms with Gasteiger partial charge in [0.05, 0.1) is 18.1 Å². The van der Waals surface area contributed by atoms with Crippen molar-refractivity contribution in [1.29, 1.82) is 0 Å². The summed E-state index contributed by atoms with van der Waals surface area (Å²) in [7, 11) is -3.84. The Balaban J connectivity index is 1.86. The van der Waals surface area contributed by atoms with Gasteiger partial charge >= 0.3 is 0 Å². The highest BCUT2D eigenvalue weighted by Gasteiger charge is 2.14. The second kappa shape index (κ2) is 9.57. The number of hydrogen-bond acceptors (Lipinski definition) is 5. The van der Waals surface area contributed by atoms with Crippen LogP contribution < -0.4 is 19.9 Å². The summed E-state index contributed by atoms with van der Waals surface area (Å²) in [5.41, 5.74) is 1.98. The van der Waals surface area contributed by atoms with Crippen molar-refractivity contribution in [2.45, 2.75) is 38.5 Å². The van der Waals surface area contributed by atoms with Crippen molar-refractivity contribution in [3.63, 3.8) is 0 Å². The van der Waals surface area contributed by atoms with Gasteiger partial charge in [-0.15, -0.1) is 0 Å². The van der Waals surface area contributed by atoms with Crippen LogP contribution in [0.5, 0.6) is 11.5 Å². The Kier molecular flexibility index (Phi) is 7.42. The van der Waals surface area contributed by atoms with E-state index in [2.05, 4.69) is 5.32 Å². The first-order valence-corrected chi connectivity index (χ1v) is 10.5. The van der Waals surface area contributed by atoms with Crippen molar-refractivity contribution in [2.24, 2.45) is 5.14 Å². The fraction of sp³-hybridized carbons (Fsp3) is 0.350. The van der Waals surface area contributed by atoms with E-state index in [1.807, 2.05) is 38.1 Å². The minimum absolute atomic E-state index is 0.0234. The number of nitrogens with one attached hydrogen (secondary N) is 1. The van der Waals surface area contributed by atoms with Gasteiger partial charge < -0.3 is 14.8 Å². The molecule has 0 aromatic heterocycles. The number of hydrogen-bond donors (Lipinski definition) is 2. The largest absolute Gasteiger partial charge is 0.494 e. The number of carbonyl (C=O) groups is 1. The maximum Gasteiger partial charge on any atom is 0.238 e. The number of benzene rings is 2. The zero-order valence-corrected chi connectivity index (χ0v) is 17.1. The fourth-order valence-electron chi connectivity index (χ4n) is 2.55. The normalized spacial score (nSPS) is 11.1. The molecule has 28 heavy (non-hydrogen) atoms. The summed E-state index contributed by atoms with van der Waals surface area (Å²) in [4.78, 5) is 12.2.